The second-order valence-electron chi connectivity index (χ2n) is 24.8. The number of H-pyrrole nitrogens is 3. The van der Waals surface area contributed by atoms with Crippen molar-refractivity contribution in [3.63, 3.8) is 0 Å². The van der Waals surface area contributed by atoms with Crippen molar-refractivity contribution < 1.29 is 0 Å². The topological polar surface area (TPSA) is 322 Å². The Morgan fingerprint density at radius 3 is 1.31 bits per heavy atom. The van der Waals surface area contributed by atoms with E-state index in [9.17, 15) is 0 Å². The molecular weight excluding hydrogens is 1400 g/mol. The van der Waals surface area contributed by atoms with Gasteiger partial charge in [0.2, 0.25) is 0 Å². The van der Waals surface area contributed by atoms with Crippen molar-refractivity contribution in [2.24, 2.45) is 0 Å². The van der Waals surface area contributed by atoms with E-state index in [1.165, 1.54) is 6.33 Å². The van der Waals surface area contributed by atoms with E-state index in [0.29, 0.717) is 53.0 Å². The molecule has 0 saturated carbocycles. The maximum atomic E-state index is 5.90. The van der Waals surface area contributed by atoms with Gasteiger partial charge in [-0.15, -0.1) is 0 Å². The monoisotopic (exact) mass is 1460 g/mol. The molecule has 526 valence electrons. The van der Waals surface area contributed by atoms with E-state index in [1.807, 2.05) is 206 Å². The van der Waals surface area contributed by atoms with Gasteiger partial charge in [-0.3, -0.25) is 0 Å². The average molecular weight is 1460 g/mol. The molecule has 109 heavy (non-hydrogen) atoms. The molecule has 0 radical (unpaired) electrons. The zero-order valence-corrected chi connectivity index (χ0v) is 59.8. The quantitative estimate of drug-likeness (QED) is 0.0470. The second-order valence-corrected chi connectivity index (χ2v) is 26.7. The standard InChI is InChI=1S/C21H16N6S.C21H16N6.C21H15N5S.C20H15N7/c1-13-24-20-19(22-12-23-20)21(25-13)28-11-17-18(14-7-3-2-4-8-14)27-16-10-6-5-9-15(16)26-17;1-2-6-14(7-3-1)19-18(26-15-8-4-5-9-16(15)27-19)12-23-21-20-17(10-11-22-21)24-13-25-20;1-2-6-14(7-3-1)19-18(25-15-8-4-5-9-16(15)26-19)12-27-21-20-17(10-11-22-21)23-13-24-20;21-19-18-20(23-11-22-19)27(12-24-18)10-16-17(13-6-2-1-3-7-13)26-15-9-5-4-8-14(15)25-16/h2-10,12H,11H2,1H3,(H,22,23,24,25);1-11,13H,12H2,(H,22,23)(H,24,25);1-11,13H,12H2,(H,23,24);1-9,11-12H,10H2,(H2,21,22,23). The van der Waals surface area contributed by atoms with Gasteiger partial charge in [0.05, 0.1) is 139 Å². The summed E-state index contributed by atoms with van der Waals surface area (Å²) in [6.45, 7) is 2.86. The fourth-order valence-electron chi connectivity index (χ4n) is 12.5. The van der Waals surface area contributed by atoms with E-state index >= 15 is 0 Å². The molecule has 0 amide bonds. The molecular formula is C83H62N24S2. The molecule has 8 aromatic carbocycles. The van der Waals surface area contributed by atoms with Crippen LogP contribution in [0.5, 0.6) is 0 Å². The van der Waals surface area contributed by atoms with Gasteiger partial charge in [0.15, 0.2) is 22.9 Å². The van der Waals surface area contributed by atoms with Crippen molar-refractivity contribution in [2.45, 2.75) is 41.6 Å². The van der Waals surface area contributed by atoms with Crippen LogP contribution in [0.2, 0.25) is 0 Å². The van der Waals surface area contributed by atoms with Crippen LogP contribution >= 0.6 is 23.5 Å². The summed E-state index contributed by atoms with van der Waals surface area (Å²) in [5, 5.41) is 5.13. The Hall–Kier alpha value is -14.2. The van der Waals surface area contributed by atoms with Crippen LogP contribution in [-0.2, 0) is 24.6 Å². The van der Waals surface area contributed by atoms with Crippen LogP contribution < -0.4 is 11.1 Å². The zero-order chi connectivity index (χ0) is 73.2. The summed E-state index contributed by atoms with van der Waals surface area (Å²) >= 11 is 3.24. The molecule has 12 aromatic heterocycles. The minimum atomic E-state index is 0.367. The van der Waals surface area contributed by atoms with Crippen molar-refractivity contribution in [1.82, 2.24) is 109 Å². The number of benzene rings is 8. The van der Waals surface area contributed by atoms with Gasteiger partial charge in [0.1, 0.15) is 44.3 Å². The van der Waals surface area contributed by atoms with Crippen LogP contribution in [0.1, 0.15) is 28.6 Å². The van der Waals surface area contributed by atoms with Crippen LogP contribution in [0, 0.1) is 6.92 Å². The summed E-state index contributed by atoms with van der Waals surface area (Å²) in [6, 6.07) is 76.1. The second kappa shape index (κ2) is 31.2. The molecule has 26 heteroatoms. The van der Waals surface area contributed by atoms with Gasteiger partial charge in [-0.25, -0.2) is 89.7 Å². The predicted octanol–water partition coefficient (Wildman–Crippen LogP) is 16.7. The summed E-state index contributed by atoms with van der Waals surface area (Å²) in [7, 11) is 0. The highest BCUT2D eigenvalue weighted by molar-refractivity contribution is 7.98. The highest BCUT2D eigenvalue weighted by Gasteiger charge is 2.20. The lowest BCUT2D eigenvalue weighted by Crippen LogP contribution is -2.07. The Morgan fingerprint density at radius 2 is 0.789 bits per heavy atom. The number of thioether (sulfide) groups is 2. The summed E-state index contributed by atoms with van der Waals surface area (Å²) in [6.07, 6.45) is 11.7. The molecule has 0 aliphatic rings. The Morgan fingerprint density at radius 1 is 0.367 bits per heavy atom. The average Bonchev–Trinajstić information content (AvgIpc) is 1.43. The summed E-state index contributed by atoms with van der Waals surface area (Å²) in [4.78, 5) is 91.9. The maximum Gasteiger partial charge on any atom is 0.181 e. The number of fused-ring (bicyclic) bond motifs is 8. The number of hydrogen-bond donors (Lipinski definition) is 5. The number of imidazole rings is 4. The van der Waals surface area contributed by atoms with Crippen LogP contribution in [0.15, 0.2) is 285 Å². The molecule has 0 bridgehead atoms. The fourth-order valence-corrected chi connectivity index (χ4v) is 14.3. The van der Waals surface area contributed by atoms with Crippen molar-refractivity contribution in [2.75, 3.05) is 11.1 Å². The molecule has 12 heterocycles. The first kappa shape index (κ1) is 67.9. The van der Waals surface area contributed by atoms with E-state index in [1.54, 1.807) is 61.2 Å². The number of anilines is 2. The Labute approximate surface area is 629 Å². The van der Waals surface area contributed by atoms with Gasteiger partial charge in [0, 0.05) is 46.2 Å². The van der Waals surface area contributed by atoms with Crippen LogP contribution in [0.3, 0.4) is 0 Å². The molecule has 0 atom stereocenters. The van der Waals surface area contributed by atoms with Gasteiger partial charge in [0.25, 0.3) is 0 Å². The minimum Gasteiger partial charge on any atom is -0.382 e. The van der Waals surface area contributed by atoms with E-state index < -0.39 is 0 Å². The van der Waals surface area contributed by atoms with Crippen molar-refractivity contribution >= 4 is 124 Å². The molecule has 0 spiro atoms. The Kier molecular flexibility index (Phi) is 19.4. The SMILES string of the molecule is Cc1nc(SCc2nc3ccccc3nc2-c2ccccc2)c2[nH]cnc2n1.Nc1ncnc2c1ncn2Cc1nc2ccccc2nc1-c1ccccc1.c1ccc(-c2nc3ccccc3nc2CNc2nccc3[nH]cnc23)cc1.c1ccc(-c2nc3ccccc3nc2CSc2nccc3[nH]cnc23)cc1. The number of aryl methyl sites for hydroxylation is 1. The van der Waals surface area contributed by atoms with Crippen LogP contribution in [0.25, 0.3) is 134 Å². The maximum absolute atomic E-state index is 5.90. The number of rotatable bonds is 15. The van der Waals surface area contributed by atoms with E-state index in [2.05, 4.69) is 107 Å². The van der Waals surface area contributed by atoms with E-state index in [4.69, 9.17) is 45.6 Å². The molecule has 0 fully saturated rings. The van der Waals surface area contributed by atoms with Gasteiger partial charge in [-0.1, -0.05) is 193 Å². The number of aromatic amines is 3. The molecule has 0 unspecified atom stereocenters. The molecule has 20 rings (SSSR count). The first-order valence-electron chi connectivity index (χ1n) is 34.7. The normalized spacial score (nSPS) is 11.2. The van der Waals surface area contributed by atoms with Crippen molar-refractivity contribution in [1.29, 1.82) is 0 Å². The fraction of sp³-hybridized carbons (Fsp3) is 0.0602. The van der Waals surface area contributed by atoms with Gasteiger partial charge < -0.3 is 30.6 Å². The Bertz CT molecular complexity index is 6410. The highest BCUT2D eigenvalue weighted by Crippen LogP contribution is 2.35. The number of para-hydroxylation sites is 8. The van der Waals surface area contributed by atoms with Crippen molar-refractivity contribution in [3.05, 3.63) is 303 Å². The van der Waals surface area contributed by atoms with E-state index in [-0.39, 0.29) is 0 Å². The lowest BCUT2D eigenvalue weighted by atomic mass is 10.1. The van der Waals surface area contributed by atoms with Crippen molar-refractivity contribution in [3.8, 4) is 45.0 Å². The van der Waals surface area contributed by atoms with Crippen LogP contribution in [0.4, 0.5) is 11.6 Å². The minimum absolute atomic E-state index is 0.367. The lowest BCUT2D eigenvalue weighted by molar-refractivity contribution is 0.789. The first-order chi connectivity index (χ1) is 53.8. The summed E-state index contributed by atoms with van der Waals surface area (Å²) in [5.41, 5.74) is 30.7. The number of nitrogen functional groups attached to an aromatic ring is 1. The highest BCUT2D eigenvalue weighted by atomic mass is 32.2. The summed E-state index contributed by atoms with van der Waals surface area (Å²) in [5.74, 6) is 3.11. The van der Waals surface area contributed by atoms with Gasteiger partial charge in [-0.2, -0.15) is 0 Å². The lowest BCUT2D eigenvalue weighted by Gasteiger charge is -2.11. The molecule has 24 nitrogen and oxygen atoms in total. The molecule has 0 aliphatic heterocycles. The van der Waals surface area contributed by atoms with Gasteiger partial charge in [-0.05, 0) is 67.6 Å². The van der Waals surface area contributed by atoms with Crippen LogP contribution in [-0.4, -0.2) is 109 Å². The summed E-state index contributed by atoms with van der Waals surface area (Å²) < 4.78 is 1.92. The molecule has 20 aromatic rings. The number of pyridine rings is 2. The molecule has 6 N–H and O–H groups in total. The number of nitrogens with zero attached hydrogens (tertiary/aromatic N) is 19. The largest absolute Gasteiger partial charge is 0.382 e. The third kappa shape index (κ3) is 15.0. The zero-order valence-electron chi connectivity index (χ0n) is 58.2. The first-order valence-corrected chi connectivity index (χ1v) is 36.7. The van der Waals surface area contributed by atoms with Gasteiger partial charge >= 0.3 is 0 Å². The molecule has 0 aliphatic carbocycles. The number of nitrogens with two attached hydrogens (primary N) is 1. The predicted molar refractivity (Wildman–Crippen MR) is 429 cm³/mol. The Balaban J connectivity index is 0.000000106. The van der Waals surface area contributed by atoms with E-state index in [0.717, 1.165) is 155 Å². The number of hydrogen-bond acceptors (Lipinski definition) is 22. The third-order valence-electron chi connectivity index (χ3n) is 17.6. The smallest absolute Gasteiger partial charge is 0.181 e. The third-order valence-corrected chi connectivity index (χ3v) is 19.6. The molecule has 0 saturated heterocycles. The number of nitrogens with one attached hydrogen (secondary N) is 4. The number of aromatic nitrogens is 22.